The van der Waals surface area contributed by atoms with Gasteiger partial charge in [-0.25, -0.2) is 9.69 Å². The van der Waals surface area contributed by atoms with Gasteiger partial charge in [0.05, 0.1) is 47.8 Å². The summed E-state index contributed by atoms with van der Waals surface area (Å²) >= 11 is 0. The minimum atomic E-state index is 0.558. The monoisotopic (exact) mass is 662 g/mol. The zero-order valence-corrected chi connectivity index (χ0v) is 27.7. The Labute approximate surface area is 301 Å². The Morgan fingerprint density at radius 1 is 0.385 bits per heavy atom. The molecular formula is C46H26N6. The van der Waals surface area contributed by atoms with Crippen molar-refractivity contribution in [2.75, 3.05) is 9.80 Å². The molecular weight excluding hydrogens is 637 g/mol. The lowest BCUT2D eigenvalue weighted by Gasteiger charge is -2.30. The van der Waals surface area contributed by atoms with Gasteiger partial charge in [0, 0.05) is 33.5 Å². The van der Waals surface area contributed by atoms with E-state index in [9.17, 15) is 10.5 Å². The molecule has 240 valence electrons. The van der Waals surface area contributed by atoms with E-state index in [0.29, 0.717) is 22.5 Å². The van der Waals surface area contributed by atoms with Gasteiger partial charge in [-0.3, -0.25) is 0 Å². The topological polar surface area (TPSA) is 62.8 Å². The zero-order valence-electron chi connectivity index (χ0n) is 27.7. The summed E-state index contributed by atoms with van der Waals surface area (Å²) in [5, 5.41) is 25.4. The second-order valence-electron chi connectivity index (χ2n) is 12.2. The number of benzene rings is 8. The molecule has 0 aliphatic rings. The van der Waals surface area contributed by atoms with Crippen LogP contribution >= 0.6 is 0 Å². The second-order valence-corrected chi connectivity index (χ2v) is 12.2. The average Bonchev–Trinajstić information content (AvgIpc) is 3.22. The summed E-state index contributed by atoms with van der Waals surface area (Å²) in [6.07, 6.45) is 0. The Hall–Kier alpha value is -7.90. The van der Waals surface area contributed by atoms with Crippen LogP contribution in [-0.4, -0.2) is 0 Å². The van der Waals surface area contributed by atoms with Gasteiger partial charge in [-0.05, 0) is 106 Å². The minimum Gasteiger partial charge on any atom is -0.310 e. The summed E-state index contributed by atoms with van der Waals surface area (Å²) in [5.74, 6) is 0. The molecule has 6 heteroatoms. The fraction of sp³-hybridized carbons (Fsp3) is 0. The molecule has 0 unspecified atom stereocenters. The molecule has 6 nitrogen and oxygen atoms in total. The molecule has 8 aromatic carbocycles. The molecule has 0 aliphatic carbocycles. The lowest BCUT2D eigenvalue weighted by Crippen LogP contribution is -2.12. The van der Waals surface area contributed by atoms with Gasteiger partial charge >= 0.3 is 0 Å². The predicted octanol–water partition coefficient (Wildman–Crippen LogP) is 12.9. The third-order valence-corrected chi connectivity index (χ3v) is 9.30. The van der Waals surface area contributed by atoms with E-state index in [-0.39, 0.29) is 0 Å². The van der Waals surface area contributed by atoms with E-state index in [1.165, 1.54) is 0 Å². The van der Waals surface area contributed by atoms with Gasteiger partial charge in [0.15, 0.2) is 11.4 Å². The van der Waals surface area contributed by atoms with E-state index >= 15 is 0 Å². The Kier molecular flexibility index (Phi) is 7.96. The lowest BCUT2D eigenvalue weighted by molar-refractivity contribution is 1.29. The van der Waals surface area contributed by atoms with Crippen molar-refractivity contribution < 1.29 is 0 Å². The number of nitrogens with zero attached hydrogens (tertiary/aromatic N) is 6. The summed E-state index contributed by atoms with van der Waals surface area (Å²) in [6.45, 7) is 15.0. The van der Waals surface area contributed by atoms with Crippen molar-refractivity contribution in [1.82, 2.24) is 0 Å². The van der Waals surface area contributed by atoms with E-state index in [2.05, 4.69) is 80.2 Å². The maximum absolute atomic E-state index is 9.55. The van der Waals surface area contributed by atoms with E-state index in [0.717, 1.165) is 66.4 Å². The first kappa shape index (κ1) is 31.4. The smallest absolute Gasteiger partial charge is 0.187 e. The molecule has 0 atom stereocenters. The molecule has 0 aromatic heterocycles. The maximum atomic E-state index is 9.55. The van der Waals surface area contributed by atoms with Crippen LogP contribution in [0.2, 0.25) is 0 Å². The summed E-state index contributed by atoms with van der Waals surface area (Å²) in [7, 11) is 0. The highest BCUT2D eigenvalue weighted by Crippen LogP contribution is 2.47. The standard InChI is InChI=1S/C46H26N6/c1-49-33-15-23-37(24-16-33)52(38-25-17-34(50-2)18-26-38)46-28-44-39-7-3-5-9-41(39)45(27-43(44)40-8-4-6-10-42(40)46)51(35-19-11-31(29-47)12-20-35)36-21-13-32(30-48)14-22-36/h3-28H. The molecule has 0 radical (unpaired) electrons. The number of fused-ring (bicyclic) bond motifs is 5. The average molecular weight is 663 g/mol. The van der Waals surface area contributed by atoms with Crippen LogP contribution in [0.25, 0.3) is 42.0 Å². The highest BCUT2D eigenvalue weighted by atomic mass is 15.2. The Morgan fingerprint density at radius 2 is 0.692 bits per heavy atom. The minimum absolute atomic E-state index is 0.558. The highest BCUT2D eigenvalue weighted by molar-refractivity contribution is 6.24. The van der Waals surface area contributed by atoms with E-state index in [4.69, 9.17) is 13.1 Å². The molecule has 8 rings (SSSR count). The molecule has 0 fully saturated rings. The van der Waals surface area contributed by atoms with Gasteiger partial charge in [0.2, 0.25) is 0 Å². The molecule has 0 saturated heterocycles. The number of hydrogen-bond donors (Lipinski definition) is 0. The quantitative estimate of drug-likeness (QED) is 0.131. The molecule has 52 heavy (non-hydrogen) atoms. The van der Waals surface area contributed by atoms with E-state index in [1.54, 1.807) is 0 Å². The van der Waals surface area contributed by atoms with Crippen molar-refractivity contribution in [2.24, 2.45) is 0 Å². The van der Waals surface area contributed by atoms with Crippen molar-refractivity contribution in [3.8, 4) is 12.1 Å². The fourth-order valence-electron chi connectivity index (χ4n) is 6.86. The van der Waals surface area contributed by atoms with Crippen molar-refractivity contribution in [3.05, 3.63) is 192 Å². The first-order valence-electron chi connectivity index (χ1n) is 16.5. The Bertz CT molecular complexity index is 2500. The van der Waals surface area contributed by atoms with Crippen LogP contribution in [0.15, 0.2) is 158 Å². The third-order valence-electron chi connectivity index (χ3n) is 9.30. The summed E-state index contributed by atoms with van der Waals surface area (Å²) in [6, 6.07) is 55.9. The molecule has 0 heterocycles. The SMILES string of the molecule is [C-]#[N+]c1ccc(N(c2ccc([N+]#[C-])cc2)c2cc3c4ccccc4c(N(c4ccc(C#N)cc4)c4ccc(C#N)cc4)cc3c3ccccc23)cc1. The normalized spacial score (nSPS) is 10.6. The maximum Gasteiger partial charge on any atom is 0.187 e. The van der Waals surface area contributed by atoms with Crippen LogP contribution in [-0.2, 0) is 0 Å². The van der Waals surface area contributed by atoms with Crippen molar-refractivity contribution >= 4 is 77.8 Å². The van der Waals surface area contributed by atoms with Crippen molar-refractivity contribution in [1.29, 1.82) is 10.5 Å². The van der Waals surface area contributed by atoms with E-state index in [1.807, 2.05) is 109 Å². The van der Waals surface area contributed by atoms with Crippen LogP contribution < -0.4 is 9.80 Å². The van der Waals surface area contributed by atoms with Crippen molar-refractivity contribution in [2.45, 2.75) is 0 Å². The first-order chi connectivity index (χ1) is 25.6. The number of hydrogen-bond acceptors (Lipinski definition) is 4. The Morgan fingerprint density at radius 3 is 1.00 bits per heavy atom. The van der Waals surface area contributed by atoms with Gasteiger partial charge in [-0.15, -0.1) is 0 Å². The highest BCUT2D eigenvalue weighted by Gasteiger charge is 2.22. The Balaban J connectivity index is 1.44. The van der Waals surface area contributed by atoms with Gasteiger partial charge < -0.3 is 9.80 Å². The molecule has 0 aliphatic heterocycles. The number of nitriles is 2. The molecule has 0 saturated carbocycles. The largest absolute Gasteiger partial charge is 0.310 e. The van der Waals surface area contributed by atoms with Crippen LogP contribution in [0.3, 0.4) is 0 Å². The van der Waals surface area contributed by atoms with Gasteiger partial charge in [0.25, 0.3) is 0 Å². The number of rotatable bonds is 6. The molecule has 0 N–H and O–H groups in total. The molecule has 0 amide bonds. The van der Waals surface area contributed by atoms with Crippen LogP contribution in [0.1, 0.15) is 11.1 Å². The van der Waals surface area contributed by atoms with Crippen molar-refractivity contribution in [3.63, 3.8) is 0 Å². The van der Waals surface area contributed by atoms with Crippen LogP contribution in [0.4, 0.5) is 45.5 Å². The summed E-state index contributed by atoms with van der Waals surface area (Å²) < 4.78 is 0. The van der Waals surface area contributed by atoms with Gasteiger partial charge in [-0.2, -0.15) is 10.5 Å². The predicted molar refractivity (Wildman–Crippen MR) is 210 cm³/mol. The summed E-state index contributed by atoms with van der Waals surface area (Å²) in [4.78, 5) is 11.6. The van der Waals surface area contributed by atoms with Gasteiger partial charge in [-0.1, -0.05) is 72.8 Å². The van der Waals surface area contributed by atoms with Crippen LogP contribution in [0, 0.1) is 35.8 Å². The molecule has 0 bridgehead atoms. The lowest BCUT2D eigenvalue weighted by atomic mass is 9.93. The molecule has 0 spiro atoms. The van der Waals surface area contributed by atoms with E-state index < -0.39 is 0 Å². The first-order valence-corrected chi connectivity index (χ1v) is 16.5. The summed E-state index contributed by atoms with van der Waals surface area (Å²) in [5.41, 5.74) is 7.72. The number of anilines is 6. The third kappa shape index (κ3) is 5.46. The molecule has 8 aromatic rings. The fourth-order valence-corrected chi connectivity index (χ4v) is 6.86. The van der Waals surface area contributed by atoms with Gasteiger partial charge in [0.1, 0.15) is 0 Å². The van der Waals surface area contributed by atoms with Crippen LogP contribution in [0.5, 0.6) is 0 Å². The zero-order chi connectivity index (χ0) is 35.6. The second kappa shape index (κ2) is 13.2.